The molecular weight excluding hydrogens is 206 g/mol. The van der Waals surface area contributed by atoms with Crippen molar-refractivity contribution in [3.63, 3.8) is 0 Å². The van der Waals surface area contributed by atoms with Gasteiger partial charge in [-0.15, -0.1) is 0 Å². The monoisotopic (exact) mass is 233 g/mol. The van der Waals surface area contributed by atoms with E-state index in [0.717, 1.165) is 13.0 Å². The second-order valence-corrected chi connectivity index (χ2v) is 6.87. The van der Waals surface area contributed by atoms with E-state index < -0.39 is 0 Å². The molecule has 1 nitrogen and oxygen atoms in total. The average Bonchev–Trinajstić information content (AvgIpc) is 2.18. The van der Waals surface area contributed by atoms with Crippen molar-refractivity contribution in [2.45, 2.75) is 53.5 Å². The Kier molecular flexibility index (Phi) is 4.37. The van der Waals surface area contributed by atoms with Crippen LogP contribution in [0.15, 0.2) is 24.3 Å². The quantitative estimate of drug-likeness (QED) is 0.830. The van der Waals surface area contributed by atoms with Crippen LogP contribution in [0.4, 0.5) is 0 Å². The van der Waals surface area contributed by atoms with E-state index in [1.807, 2.05) is 0 Å². The van der Waals surface area contributed by atoms with E-state index >= 15 is 0 Å². The lowest BCUT2D eigenvalue weighted by molar-refractivity contribution is 0.288. The standard InChI is InChI=1S/C16H27N/c1-13-9-7-8-10-14(13)11-16(5,6)12-17-15(2,3)4/h7-10,17H,11-12H2,1-6H3. The van der Waals surface area contributed by atoms with E-state index in [2.05, 4.69) is 71.1 Å². The highest BCUT2D eigenvalue weighted by molar-refractivity contribution is 5.26. The van der Waals surface area contributed by atoms with Crippen LogP contribution in [0.3, 0.4) is 0 Å². The van der Waals surface area contributed by atoms with Crippen LogP contribution in [0.25, 0.3) is 0 Å². The normalized spacial score (nSPS) is 12.8. The molecule has 0 radical (unpaired) electrons. The van der Waals surface area contributed by atoms with Gasteiger partial charge in [0.05, 0.1) is 0 Å². The zero-order valence-electron chi connectivity index (χ0n) is 12.2. The molecule has 1 N–H and O–H groups in total. The molecule has 0 fully saturated rings. The summed E-state index contributed by atoms with van der Waals surface area (Å²) in [5.41, 5.74) is 3.35. The third-order valence-corrected chi connectivity index (χ3v) is 3.03. The van der Waals surface area contributed by atoms with Crippen LogP contribution in [0, 0.1) is 12.3 Å². The molecule has 0 aliphatic rings. The van der Waals surface area contributed by atoms with Crippen LogP contribution in [0.5, 0.6) is 0 Å². The van der Waals surface area contributed by atoms with Gasteiger partial charge in [0.2, 0.25) is 0 Å². The summed E-state index contributed by atoms with van der Waals surface area (Å²) in [6, 6.07) is 8.69. The molecule has 1 heteroatoms. The fourth-order valence-electron chi connectivity index (χ4n) is 1.89. The van der Waals surface area contributed by atoms with E-state index in [-0.39, 0.29) is 5.54 Å². The zero-order valence-corrected chi connectivity index (χ0v) is 12.2. The lowest BCUT2D eigenvalue weighted by atomic mass is 9.83. The Morgan fingerprint density at radius 1 is 1.00 bits per heavy atom. The number of rotatable bonds is 4. The Bertz CT molecular complexity index is 358. The summed E-state index contributed by atoms with van der Waals surface area (Å²) in [7, 11) is 0. The van der Waals surface area contributed by atoms with Gasteiger partial charge < -0.3 is 5.32 Å². The van der Waals surface area contributed by atoms with Gasteiger partial charge in [-0.3, -0.25) is 0 Å². The molecule has 0 aliphatic heterocycles. The fourth-order valence-corrected chi connectivity index (χ4v) is 1.89. The van der Waals surface area contributed by atoms with Crippen molar-refractivity contribution < 1.29 is 0 Å². The summed E-state index contributed by atoms with van der Waals surface area (Å²) < 4.78 is 0. The first kappa shape index (κ1) is 14.2. The van der Waals surface area contributed by atoms with E-state index in [9.17, 15) is 0 Å². The SMILES string of the molecule is Cc1ccccc1CC(C)(C)CNC(C)(C)C. The van der Waals surface area contributed by atoms with Crippen LogP contribution in [-0.4, -0.2) is 12.1 Å². The second kappa shape index (κ2) is 5.22. The third kappa shape index (κ3) is 5.36. The van der Waals surface area contributed by atoms with Crippen LogP contribution in [0.2, 0.25) is 0 Å². The van der Waals surface area contributed by atoms with Crippen molar-refractivity contribution >= 4 is 0 Å². The molecule has 0 aromatic heterocycles. The molecule has 1 rings (SSSR count). The highest BCUT2D eigenvalue weighted by atomic mass is 14.9. The first-order chi connectivity index (χ1) is 7.70. The van der Waals surface area contributed by atoms with Crippen molar-refractivity contribution in [1.29, 1.82) is 0 Å². The Hall–Kier alpha value is -0.820. The molecule has 0 bridgehead atoms. The number of hydrogen-bond donors (Lipinski definition) is 1. The first-order valence-electron chi connectivity index (χ1n) is 6.49. The topological polar surface area (TPSA) is 12.0 Å². The summed E-state index contributed by atoms with van der Waals surface area (Å²) in [6.07, 6.45) is 1.13. The second-order valence-electron chi connectivity index (χ2n) is 6.87. The minimum atomic E-state index is 0.197. The maximum Gasteiger partial charge on any atom is 0.00967 e. The largest absolute Gasteiger partial charge is 0.312 e. The van der Waals surface area contributed by atoms with E-state index in [1.54, 1.807) is 0 Å². The number of hydrogen-bond acceptors (Lipinski definition) is 1. The summed E-state index contributed by atoms with van der Waals surface area (Å²) in [5, 5.41) is 3.60. The van der Waals surface area contributed by atoms with Crippen LogP contribution in [0.1, 0.15) is 45.7 Å². The highest BCUT2D eigenvalue weighted by Crippen LogP contribution is 2.23. The van der Waals surface area contributed by atoms with Crippen LogP contribution < -0.4 is 5.32 Å². The predicted octanol–water partition coefficient (Wildman–Crippen LogP) is 3.95. The van der Waals surface area contributed by atoms with Gasteiger partial charge in [-0.05, 0) is 50.7 Å². The fraction of sp³-hybridized carbons (Fsp3) is 0.625. The Labute approximate surface area is 107 Å². The van der Waals surface area contributed by atoms with Gasteiger partial charge in [0.15, 0.2) is 0 Å². The Balaban J connectivity index is 2.64. The van der Waals surface area contributed by atoms with Gasteiger partial charge in [-0.2, -0.15) is 0 Å². The van der Waals surface area contributed by atoms with Crippen molar-refractivity contribution in [1.82, 2.24) is 5.32 Å². The summed E-state index contributed by atoms with van der Waals surface area (Å²) in [4.78, 5) is 0. The van der Waals surface area contributed by atoms with Crippen LogP contribution >= 0.6 is 0 Å². The number of nitrogens with one attached hydrogen (secondary N) is 1. The maximum atomic E-state index is 3.60. The molecule has 0 heterocycles. The Morgan fingerprint density at radius 2 is 1.59 bits per heavy atom. The minimum absolute atomic E-state index is 0.197. The van der Waals surface area contributed by atoms with Gasteiger partial charge in [-0.25, -0.2) is 0 Å². The molecule has 0 spiro atoms. The third-order valence-electron chi connectivity index (χ3n) is 3.03. The first-order valence-corrected chi connectivity index (χ1v) is 6.49. The minimum Gasteiger partial charge on any atom is -0.312 e. The van der Waals surface area contributed by atoms with Crippen molar-refractivity contribution in [2.75, 3.05) is 6.54 Å². The van der Waals surface area contributed by atoms with Gasteiger partial charge in [0.1, 0.15) is 0 Å². The van der Waals surface area contributed by atoms with Crippen molar-refractivity contribution in [2.24, 2.45) is 5.41 Å². The summed E-state index contributed by atoms with van der Waals surface area (Å²) in [6.45, 7) is 14.6. The summed E-state index contributed by atoms with van der Waals surface area (Å²) in [5.74, 6) is 0. The van der Waals surface area contributed by atoms with Crippen molar-refractivity contribution in [3.05, 3.63) is 35.4 Å². The molecule has 1 aromatic rings. The molecular formula is C16H27N. The number of benzene rings is 1. The van der Waals surface area contributed by atoms with Gasteiger partial charge >= 0.3 is 0 Å². The van der Waals surface area contributed by atoms with Gasteiger partial charge in [-0.1, -0.05) is 38.1 Å². The zero-order chi connectivity index (χ0) is 13.1. The van der Waals surface area contributed by atoms with Crippen LogP contribution in [-0.2, 0) is 6.42 Å². The number of aryl methyl sites for hydroxylation is 1. The molecule has 0 atom stereocenters. The molecule has 1 aromatic carbocycles. The molecule has 0 saturated heterocycles. The molecule has 0 saturated carbocycles. The van der Waals surface area contributed by atoms with E-state index in [4.69, 9.17) is 0 Å². The lowest BCUT2D eigenvalue weighted by Crippen LogP contribution is -2.42. The molecule has 0 unspecified atom stereocenters. The molecule has 96 valence electrons. The average molecular weight is 233 g/mol. The van der Waals surface area contributed by atoms with Crippen molar-refractivity contribution in [3.8, 4) is 0 Å². The van der Waals surface area contributed by atoms with E-state index in [1.165, 1.54) is 11.1 Å². The predicted molar refractivity (Wildman–Crippen MR) is 76.4 cm³/mol. The van der Waals surface area contributed by atoms with Gasteiger partial charge in [0, 0.05) is 12.1 Å². The summed E-state index contributed by atoms with van der Waals surface area (Å²) >= 11 is 0. The Morgan fingerprint density at radius 3 is 2.12 bits per heavy atom. The highest BCUT2D eigenvalue weighted by Gasteiger charge is 2.21. The van der Waals surface area contributed by atoms with Gasteiger partial charge in [0.25, 0.3) is 0 Å². The maximum absolute atomic E-state index is 3.60. The molecule has 0 aliphatic carbocycles. The lowest BCUT2D eigenvalue weighted by Gasteiger charge is -2.31. The molecule has 17 heavy (non-hydrogen) atoms. The smallest absolute Gasteiger partial charge is 0.00967 e. The van der Waals surface area contributed by atoms with E-state index in [0.29, 0.717) is 5.41 Å². The molecule has 0 amide bonds.